The molecule has 4 nitrogen and oxygen atoms in total. The van der Waals surface area contributed by atoms with Gasteiger partial charge in [-0.05, 0) is 37.0 Å². The van der Waals surface area contributed by atoms with Crippen molar-refractivity contribution in [1.82, 2.24) is 9.80 Å². The van der Waals surface area contributed by atoms with Crippen LogP contribution in [0.2, 0.25) is 0 Å². The number of amides is 2. The standard InChI is InChI=1S/C25H30N2O2/c28-23(21-11-4-1-5-12-21)26-17-10-18-27(20-19-26)24(29)25(15-8-3-9-16-25)22-13-6-2-7-14-22/h1-2,4-7,11-14H,3,8-10,15-20H2. The zero-order valence-corrected chi connectivity index (χ0v) is 17.1. The van der Waals surface area contributed by atoms with Crippen LogP contribution < -0.4 is 0 Å². The molecule has 0 atom stereocenters. The van der Waals surface area contributed by atoms with Crippen molar-refractivity contribution < 1.29 is 9.59 Å². The van der Waals surface area contributed by atoms with Crippen LogP contribution in [-0.2, 0) is 10.2 Å². The van der Waals surface area contributed by atoms with Gasteiger partial charge in [-0.25, -0.2) is 0 Å². The quantitative estimate of drug-likeness (QED) is 0.786. The molecule has 0 spiro atoms. The van der Waals surface area contributed by atoms with E-state index < -0.39 is 5.41 Å². The van der Waals surface area contributed by atoms with E-state index in [0.717, 1.165) is 49.8 Å². The molecule has 4 rings (SSSR count). The van der Waals surface area contributed by atoms with Crippen LogP contribution in [0.3, 0.4) is 0 Å². The summed E-state index contributed by atoms with van der Waals surface area (Å²) in [6.45, 7) is 2.65. The lowest BCUT2D eigenvalue weighted by atomic mass is 9.68. The van der Waals surface area contributed by atoms with Crippen LogP contribution in [0.5, 0.6) is 0 Å². The van der Waals surface area contributed by atoms with Crippen LogP contribution in [0.15, 0.2) is 60.7 Å². The Morgan fingerprint density at radius 1 is 0.655 bits per heavy atom. The highest BCUT2D eigenvalue weighted by atomic mass is 16.2. The molecule has 1 heterocycles. The Labute approximate surface area is 173 Å². The number of carbonyl (C=O) groups excluding carboxylic acids is 2. The maximum Gasteiger partial charge on any atom is 0.253 e. The van der Waals surface area contributed by atoms with Crippen LogP contribution in [0.25, 0.3) is 0 Å². The molecule has 1 aliphatic carbocycles. The van der Waals surface area contributed by atoms with E-state index in [2.05, 4.69) is 12.1 Å². The van der Waals surface area contributed by atoms with Crippen molar-refractivity contribution in [2.24, 2.45) is 0 Å². The third-order valence-corrected chi connectivity index (χ3v) is 6.53. The van der Waals surface area contributed by atoms with Crippen LogP contribution in [0, 0.1) is 0 Å². The molecule has 2 aromatic rings. The highest BCUT2D eigenvalue weighted by Crippen LogP contribution is 2.41. The molecule has 1 saturated carbocycles. The van der Waals surface area contributed by atoms with Gasteiger partial charge < -0.3 is 9.80 Å². The fraction of sp³-hybridized carbons (Fsp3) is 0.440. The molecule has 2 aromatic carbocycles. The van der Waals surface area contributed by atoms with E-state index in [-0.39, 0.29) is 11.8 Å². The number of benzene rings is 2. The van der Waals surface area contributed by atoms with Gasteiger partial charge in [0.05, 0.1) is 5.41 Å². The predicted molar refractivity (Wildman–Crippen MR) is 115 cm³/mol. The SMILES string of the molecule is O=C(c1ccccc1)N1CCCN(C(=O)C2(c3ccccc3)CCCCC2)CC1. The highest BCUT2D eigenvalue weighted by molar-refractivity contribution is 5.94. The van der Waals surface area contributed by atoms with Crippen molar-refractivity contribution in [1.29, 1.82) is 0 Å². The van der Waals surface area contributed by atoms with Gasteiger partial charge in [-0.1, -0.05) is 67.8 Å². The van der Waals surface area contributed by atoms with Crippen molar-refractivity contribution in [3.63, 3.8) is 0 Å². The lowest BCUT2D eigenvalue weighted by molar-refractivity contribution is -0.138. The van der Waals surface area contributed by atoms with Gasteiger partial charge in [0.25, 0.3) is 5.91 Å². The summed E-state index contributed by atoms with van der Waals surface area (Å²) in [4.78, 5) is 30.6. The Morgan fingerprint density at radius 2 is 1.24 bits per heavy atom. The fourth-order valence-corrected chi connectivity index (χ4v) is 4.93. The predicted octanol–water partition coefficient (Wildman–Crippen LogP) is 4.26. The normalized spacial score (nSPS) is 19.4. The molecular weight excluding hydrogens is 360 g/mol. The summed E-state index contributed by atoms with van der Waals surface area (Å²) in [5, 5.41) is 0. The topological polar surface area (TPSA) is 40.6 Å². The molecule has 1 saturated heterocycles. The monoisotopic (exact) mass is 390 g/mol. The average Bonchev–Trinajstić information content (AvgIpc) is 3.06. The summed E-state index contributed by atoms with van der Waals surface area (Å²) in [7, 11) is 0. The van der Waals surface area contributed by atoms with E-state index in [9.17, 15) is 9.59 Å². The molecule has 152 valence electrons. The largest absolute Gasteiger partial charge is 0.340 e. The number of hydrogen-bond acceptors (Lipinski definition) is 2. The van der Waals surface area contributed by atoms with Crippen LogP contribution >= 0.6 is 0 Å². The Hall–Kier alpha value is -2.62. The van der Waals surface area contributed by atoms with Gasteiger partial charge in [0.1, 0.15) is 0 Å². The number of rotatable bonds is 3. The van der Waals surface area contributed by atoms with E-state index in [1.807, 2.05) is 58.3 Å². The first-order valence-electron chi connectivity index (χ1n) is 10.9. The summed E-state index contributed by atoms with van der Waals surface area (Å²) in [6.07, 6.45) is 6.11. The first kappa shape index (κ1) is 19.7. The molecule has 2 aliphatic rings. The Bertz CT molecular complexity index is 828. The summed E-state index contributed by atoms with van der Waals surface area (Å²) in [5.74, 6) is 0.327. The molecule has 0 aromatic heterocycles. The minimum Gasteiger partial charge on any atom is -0.340 e. The molecular formula is C25H30N2O2. The molecule has 0 radical (unpaired) electrons. The second-order valence-electron chi connectivity index (χ2n) is 8.31. The zero-order valence-electron chi connectivity index (χ0n) is 17.1. The van der Waals surface area contributed by atoms with Gasteiger partial charge in [-0.3, -0.25) is 9.59 Å². The van der Waals surface area contributed by atoms with E-state index in [1.165, 1.54) is 6.42 Å². The number of nitrogens with zero attached hydrogens (tertiary/aromatic N) is 2. The third kappa shape index (κ3) is 4.07. The van der Waals surface area contributed by atoms with Gasteiger partial charge in [-0.15, -0.1) is 0 Å². The van der Waals surface area contributed by atoms with E-state index in [4.69, 9.17) is 0 Å². The third-order valence-electron chi connectivity index (χ3n) is 6.53. The molecule has 0 unspecified atom stereocenters. The van der Waals surface area contributed by atoms with E-state index in [0.29, 0.717) is 19.6 Å². The zero-order chi connectivity index (χ0) is 20.1. The van der Waals surface area contributed by atoms with Crippen LogP contribution in [-0.4, -0.2) is 47.8 Å². The van der Waals surface area contributed by atoms with Crippen molar-refractivity contribution in [2.45, 2.75) is 43.9 Å². The highest BCUT2D eigenvalue weighted by Gasteiger charge is 2.43. The van der Waals surface area contributed by atoms with Crippen molar-refractivity contribution >= 4 is 11.8 Å². The second-order valence-corrected chi connectivity index (χ2v) is 8.31. The van der Waals surface area contributed by atoms with Gasteiger partial charge in [0, 0.05) is 31.7 Å². The van der Waals surface area contributed by atoms with Gasteiger partial charge >= 0.3 is 0 Å². The lowest BCUT2D eigenvalue weighted by Gasteiger charge is -2.40. The minimum atomic E-state index is -0.391. The maximum atomic E-state index is 13.8. The first-order chi connectivity index (χ1) is 14.2. The Morgan fingerprint density at radius 3 is 1.93 bits per heavy atom. The lowest BCUT2D eigenvalue weighted by Crippen LogP contribution is -2.49. The van der Waals surface area contributed by atoms with E-state index >= 15 is 0 Å². The van der Waals surface area contributed by atoms with Crippen molar-refractivity contribution in [2.75, 3.05) is 26.2 Å². The van der Waals surface area contributed by atoms with Gasteiger partial charge in [-0.2, -0.15) is 0 Å². The molecule has 2 amide bonds. The van der Waals surface area contributed by atoms with E-state index in [1.54, 1.807) is 0 Å². The average molecular weight is 391 g/mol. The van der Waals surface area contributed by atoms with Gasteiger partial charge in [0.2, 0.25) is 5.91 Å². The molecule has 1 aliphatic heterocycles. The maximum absolute atomic E-state index is 13.8. The molecule has 2 fully saturated rings. The van der Waals surface area contributed by atoms with Gasteiger partial charge in [0.15, 0.2) is 0 Å². The molecule has 0 N–H and O–H groups in total. The van der Waals surface area contributed by atoms with Crippen LogP contribution in [0.4, 0.5) is 0 Å². The Balaban J connectivity index is 1.50. The summed E-state index contributed by atoms with van der Waals surface area (Å²) in [6, 6.07) is 19.8. The number of hydrogen-bond donors (Lipinski definition) is 0. The first-order valence-corrected chi connectivity index (χ1v) is 10.9. The van der Waals surface area contributed by atoms with Crippen LogP contribution in [0.1, 0.15) is 54.4 Å². The molecule has 4 heteroatoms. The molecule has 29 heavy (non-hydrogen) atoms. The summed E-state index contributed by atoms with van der Waals surface area (Å²) >= 11 is 0. The summed E-state index contributed by atoms with van der Waals surface area (Å²) < 4.78 is 0. The number of carbonyl (C=O) groups is 2. The minimum absolute atomic E-state index is 0.0651. The van der Waals surface area contributed by atoms with Crippen molar-refractivity contribution in [3.8, 4) is 0 Å². The molecule has 0 bridgehead atoms. The van der Waals surface area contributed by atoms with Crippen molar-refractivity contribution in [3.05, 3.63) is 71.8 Å². The fourth-order valence-electron chi connectivity index (χ4n) is 4.93. The smallest absolute Gasteiger partial charge is 0.253 e. The summed E-state index contributed by atoms with van der Waals surface area (Å²) in [5.41, 5.74) is 1.49. The second kappa shape index (κ2) is 8.81. The Kier molecular flexibility index (Phi) is 5.98.